The predicted octanol–water partition coefficient (Wildman–Crippen LogP) is 4.11. The lowest BCUT2D eigenvalue weighted by molar-refractivity contribution is 0.498. The number of halogens is 1. The van der Waals surface area contributed by atoms with E-state index in [4.69, 9.17) is 10.7 Å². The summed E-state index contributed by atoms with van der Waals surface area (Å²) in [6.45, 7) is 7.15. The van der Waals surface area contributed by atoms with Crippen molar-refractivity contribution in [1.82, 2.24) is 9.88 Å². The fraction of sp³-hybridized carbons (Fsp3) is 0.318. The van der Waals surface area contributed by atoms with Crippen LogP contribution in [0.25, 0.3) is 16.6 Å². The van der Waals surface area contributed by atoms with Crippen molar-refractivity contribution in [3.63, 3.8) is 0 Å². The normalized spacial score (nSPS) is 18.3. The Morgan fingerprint density at radius 2 is 2.15 bits per heavy atom. The highest BCUT2D eigenvalue weighted by Gasteiger charge is 2.29. The molecule has 0 saturated carbocycles. The minimum atomic E-state index is -0.199. The summed E-state index contributed by atoms with van der Waals surface area (Å²) in [7, 11) is 2.08. The van der Waals surface area contributed by atoms with Crippen molar-refractivity contribution in [3.8, 4) is 0 Å². The van der Waals surface area contributed by atoms with Gasteiger partial charge in [0.1, 0.15) is 5.82 Å². The summed E-state index contributed by atoms with van der Waals surface area (Å²) in [6.07, 6.45) is 6.96. The summed E-state index contributed by atoms with van der Waals surface area (Å²) in [5.41, 5.74) is 14.6. The van der Waals surface area contributed by atoms with Gasteiger partial charge in [-0.2, -0.15) is 0 Å². The maximum absolute atomic E-state index is 14.1. The molecule has 4 heteroatoms. The predicted molar refractivity (Wildman–Crippen MR) is 105 cm³/mol. The Labute approximate surface area is 153 Å². The highest BCUT2D eigenvalue weighted by molar-refractivity contribution is 5.91. The van der Waals surface area contributed by atoms with Crippen molar-refractivity contribution in [1.29, 1.82) is 0 Å². The molecule has 4 rings (SSSR count). The molecule has 2 aromatic rings. The third kappa shape index (κ3) is 2.56. The van der Waals surface area contributed by atoms with Gasteiger partial charge in [-0.1, -0.05) is 12.7 Å². The Bertz CT molecular complexity index is 985. The molecule has 26 heavy (non-hydrogen) atoms. The Morgan fingerprint density at radius 1 is 1.35 bits per heavy atom. The maximum atomic E-state index is 14.1. The lowest BCUT2D eigenvalue weighted by atomic mass is 9.87. The van der Waals surface area contributed by atoms with Crippen LogP contribution in [0.5, 0.6) is 0 Å². The molecule has 0 unspecified atom stereocenters. The summed E-state index contributed by atoms with van der Waals surface area (Å²) in [5, 5.41) is 1.17. The van der Waals surface area contributed by atoms with Crippen LogP contribution < -0.4 is 5.73 Å². The summed E-state index contributed by atoms with van der Waals surface area (Å²) in [5.74, 6) is -0.199. The molecule has 3 nitrogen and oxygen atoms in total. The van der Waals surface area contributed by atoms with Gasteiger partial charge in [-0.15, -0.1) is 0 Å². The number of aromatic nitrogens is 1. The molecule has 134 valence electrons. The number of allylic oxidation sites excluding steroid dienone is 2. The molecule has 2 heterocycles. The third-order valence-corrected chi connectivity index (χ3v) is 5.61. The average Bonchev–Trinajstić information content (AvgIpc) is 2.94. The summed E-state index contributed by atoms with van der Waals surface area (Å²) < 4.78 is 14.1. The molecule has 1 aromatic heterocycles. The van der Waals surface area contributed by atoms with Crippen LogP contribution >= 0.6 is 0 Å². The van der Waals surface area contributed by atoms with Crippen LogP contribution in [0, 0.1) is 5.82 Å². The van der Waals surface area contributed by atoms with Crippen LogP contribution in [0.3, 0.4) is 0 Å². The lowest BCUT2D eigenvalue weighted by Crippen LogP contribution is -2.10. The van der Waals surface area contributed by atoms with E-state index in [1.54, 1.807) is 12.1 Å². The smallest absolute Gasteiger partial charge is 0.125 e. The molecule has 2 N–H and O–H groups in total. The minimum absolute atomic E-state index is 0.199. The molecule has 0 radical (unpaired) electrons. The van der Waals surface area contributed by atoms with E-state index < -0.39 is 0 Å². The first-order chi connectivity index (χ1) is 12.5. The van der Waals surface area contributed by atoms with E-state index >= 15 is 0 Å². The second-order valence-electron chi connectivity index (χ2n) is 7.23. The van der Waals surface area contributed by atoms with Crippen LogP contribution in [0.2, 0.25) is 0 Å². The van der Waals surface area contributed by atoms with Gasteiger partial charge in [0.2, 0.25) is 0 Å². The average molecular weight is 349 g/mol. The summed E-state index contributed by atoms with van der Waals surface area (Å²) in [6, 6.07) is 3.25. The zero-order valence-electron chi connectivity index (χ0n) is 15.4. The van der Waals surface area contributed by atoms with Crippen LogP contribution in [0.15, 0.2) is 42.0 Å². The highest BCUT2D eigenvalue weighted by atomic mass is 19.1. The summed E-state index contributed by atoms with van der Waals surface area (Å²) >= 11 is 0. The van der Waals surface area contributed by atoms with E-state index in [1.165, 1.54) is 16.5 Å². The summed E-state index contributed by atoms with van der Waals surface area (Å²) in [4.78, 5) is 7.10. The van der Waals surface area contributed by atoms with Gasteiger partial charge in [-0.05, 0) is 60.6 Å². The van der Waals surface area contributed by atoms with Gasteiger partial charge in [-0.3, -0.25) is 0 Å². The van der Waals surface area contributed by atoms with Crippen LogP contribution in [-0.4, -0.2) is 23.5 Å². The van der Waals surface area contributed by atoms with E-state index in [9.17, 15) is 4.39 Å². The number of nitrogens with zero attached hydrogens (tertiary/aromatic N) is 2. The molecule has 1 aliphatic heterocycles. The second kappa shape index (κ2) is 6.36. The van der Waals surface area contributed by atoms with Crippen molar-refractivity contribution >= 4 is 16.6 Å². The molecule has 0 atom stereocenters. The first kappa shape index (κ1) is 17.0. The Morgan fingerprint density at radius 3 is 2.88 bits per heavy atom. The standard InChI is InChI=1S/C22H24FN3/c1-4-13(2)15(11-24)9-20-22-18(12-26(20)3)17-7-5-6-14-8-16(23)10-19(25-22)21(14)17/h4,8-10H,1,5-7,11-12,24H2,2-3H3/b15-13+,20-9-. The number of hydrogen-bond acceptors (Lipinski definition) is 3. The molecule has 0 spiro atoms. The molecular formula is C22H24FN3. The largest absolute Gasteiger partial charge is 0.368 e. The number of aryl methyl sites for hydroxylation is 2. The third-order valence-electron chi connectivity index (χ3n) is 5.61. The molecule has 1 aromatic carbocycles. The van der Waals surface area contributed by atoms with Gasteiger partial charge in [0, 0.05) is 37.2 Å². The Hall–Kier alpha value is -2.46. The fourth-order valence-corrected chi connectivity index (χ4v) is 4.19. The van der Waals surface area contributed by atoms with Crippen molar-refractivity contribution in [2.75, 3.05) is 13.6 Å². The van der Waals surface area contributed by atoms with Gasteiger partial charge >= 0.3 is 0 Å². The van der Waals surface area contributed by atoms with Crippen molar-refractivity contribution in [3.05, 3.63) is 70.2 Å². The number of rotatable bonds is 3. The number of fused-ring (bicyclic) bond motifs is 2. The fourth-order valence-electron chi connectivity index (χ4n) is 4.19. The van der Waals surface area contributed by atoms with Gasteiger partial charge in [-0.25, -0.2) is 9.37 Å². The highest BCUT2D eigenvalue weighted by Crippen LogP contribution is 2.40. The second-order valence-corrected chi connectivity index (χ2v) is 7.23. The first-order valence-corrected chi connectivity index (χ1v) is 9.12. The lowest BCUT2D eigenvalue weighted by Gasteiger charge is -2.19. The van der Waals surface area contributed by atoms with Crippen molar-refractivity contribution in [2.45, 2.75) is 32.7 Å². The van der Waals surface area contributed by atoms with Crippen LogP contribution in [0.1, 0.15) is 35.7 Å². The zero-order chi connectivity index (χ0) is 18.4. The number of pyridine rings is 1. The van der Waals surface area contributed by atoms with Gasteiger partial charge < -0.3 is 10.6 Å². The Kier molecular flexibility index (Phi) is 4.16. The molecular weight excluding hydrogens is 325 g/mol. The first-order valence-electron chi connectivity index (χ1n) is 9.12. The quantitative estimate of drug-likeness (QED) is 0.848. The molecule has 0 bridgehead atoms. The minimum Gasteiger partial charge on any atom is -0.368 e. The van der Waals surface area contributed by atoms with Crippen molar-refractivity contribution in [2.24, 2.45) is 5.73 Å². The van der Waals surface area contributed by atoms with Crippen LogP contribution in [0.4, 0.5) is 4.39 Å². The van der Waals surface area contributed by atoms with Crippen LogP contribution in [-0.2, 0) is 19.4 Å². The zero-order valence-corrected chi connectivity index (χ0v) is 15.4. The van der Waals surface area contributed by atoms with Crippen molar-refractivity contribution < 1.29 is 4.39 Å². The molecule has 0 fully saturated rings. The van der Waals surface area contributed by atoms with E-state index in [1.807, 2.05) is 13.0 Å². The molecule has 2 aliphatic rings. The number of nitrogens with two attached hydrogens (primary N) is 1. The topological polar surface area (TPSA) is 42.2 Å². The van der Waals surface area contributed by atoms with E-state index in [0.29, 0.717) is 6.54 Å². The number of benzene rings is 1. The monoisotopic (exact) mass is 349 g/mol. The SMILES string of the molecule is C=C/C(C)=C(\C=C1\c2nc3cc(F)cc4c3c(c2CN1C)CCC4)CN. The Balaban J connectivity index is 1.99. The van der Waals surface area contributed by atoms with Gasteiger partial charge in [0.25, 0.3) is 0 Å². The van der Waals surface area contributed by atoms with Gasteiger partial charge in [0.15, 0.2) is 0 Å². The number of hydrogen-bond donors (Lipinski definition) is 1. The molecule has 0 saturated heterocycles. The molecule has 1 aliphatic carbocycles. The molecule has 0 amide bonds. The van der Waals surface area contributed by atoms with E-state index in [2.05, 4.69) is 24.6 Å². The maximum Gasteiger partial charge on any atom is 0.125 e. The van der Waals surface area contributed by atoms with Gasteiger partial charge in [0.05, 0.1) is 16.9 Å². The van der Waals surface area contributed by atoms with E-state index in [-0.39, 0.29) is 5.82 Å². The van der Waals surface area contributed by atoms with E-state index in [0.717, 1.165) is 59.4 Å².